The van der Waals surface area contributed by atoms with Gasteiger partial charge in [-0.2, -0.15) is 0 Å². The molecule has 0 heterocycles. The molecule has 0 saturated carbocycles. The molecule has 0 saturated heterocycles. The second-order valence-corrected chi connectivity index (χ2v) is 3.86. The summed E-state index contributed by atoms with van der Waals surface area (Å²) in [7, 11) is 1.81. The molecule has 0 aromatic heterocycles. The molecule has 0 aliphatic carbocycles. The van der Waals surface area contributed by atoms with Crippen LogP contribution in [-0.4, -0.2) is 18.7 Å². The lowest BCUT2D eigenvalue weighted by Crippen LogP contribution is -2.17. The average Bonchev–Trinajstić information content (AvgIpc) is 2.15. The Morgan fingerprint density at radius 2 is 2.07 bits per heavy atom. The lowest BCUT2D eigenvalue weighted by Gasteiger charge is -2.15. The summed E-state index contributed by atoms with van der Waals surface area (Å²) in [6.07, 6.45) is -0.488. The Morgan fingerprint density at radius 1 is 1.43 bits per heavy atom. The average molecular weight is 214 g/mol. The van der Waals surface area contributed by atoms with Gasteiger partial charge in [-0.05, 0) is 37.6 Å². The van der Waals surface area contributed by atoms with E-state index in [-0.39, 0.29) is 0 Å². The maximum atomic E-state index is 9.80. The van der Waals surface area contributed by atoms with E-state index in [4.69, 9.17) is 11.6 Å². The second-order valence-electron chi connectivity index (χ2n) is 3.48. The van der Waals surface area contributed by atoms with Gasteiger partial charge in [0.05, 0.1) is 6.10 Å². The summed E-state index contributed by atoms with van der Waals surface area (Å²) in [6.45, 7) is 4.44. The summed E-state index contributed by atoms with van der Waals surface area (Å²) < 4.78 is 0. The topological polar surface area (TPSA) is 32.3 Å². The third-order valence-corrected chi connectivity index (χ3v) is 2.96. The van der Waals surface area contributed by atoms with Gasteiger partial charge in [-0.3, -0.25) is 0 Å². The Kier molecular flexibility index (Phi) is 3.93. The van der Waals surface area contributed by atoms with Crippen LogP contribution in [0, 0.1) is 13.8 Å². The van der Waals surface area contributed by atoms with Gasteiger partial charge < -0.3 is 10.4 Å². The van der Waals surface area contributed by atoms with E-state index in [0.717, 1.165) is 21.7 Å². The number of aliphatic hydroxyl groups is 1. The van der Waals surface area contributed by atoms with E-state index in [9.17, 15) is 5.11 Å². The largest absolute Gasteiger partial charge is 0.387 e. The monoisotopic (exact) mass is 213 g/mol. The molecule has 78 valence electrons. The Labute approximate surface area is 89.9 Å². The molecule has 1 atom stereocenters. The molecule has 14 heavy (non-hydrogen) atoms. The third-order valence-electron chi connectivity index (χ3n) is 2.38. The zero-order valence-electron chi connectivity index (χ0n) is 8.76. The van der Waals surface area contributed by atoms with Crippen molar-refractivity contribution in [1.29, 1.82) is 0 Å². The van der Waals surface area contributed by atoms with Gasteiger partial charge >= 0.3 is 0 Å². The van der Waals surface area contributed by atoms with E-state index < -0.39 is 6.10 Å². The van der Waals surface area contributed by atoms with Crippen LogP contribution in [0.3, 0.4) is 0 Å². The summed E-state index contributed by atoms with van der Waals surface area (Å²) in [4.78, 5) is 0. The van der Waals surface area contributed by atoms with Crippen LogP contribution in [0.4, 0.5) is 0 Å². The standard InChI is InChI=1S/C11H16ClNO/c1-7-4-5-9(8(2)11(7)12)10(14)6-13-3/h4-5,10,13-14H,6H2,1-3H3. The molecule has 0 fully saturated rings. The number of hydrogen-bond acceptors (Lipinski definition) is 2. The Hall–Kier alpha value is -0.570. The number of nitrogens with one attached hydrogen (secondary N) is 1. The summed E-state index contributed by atoms with van der Waals surface area (Å²) in [5.74, 6) is 0. The van der Waals surface area contributed by atoms with Gasteiger partial charge in [-0.1, -0.05) is 23.7 Å². The molecule has 1 rings (SSSR count). The predicted octanol–water partition coefficient (Wildman–Crippen LogP) is 2.21. The maximum absolute atomic E-state index is 9.80. The highest BCUT2D eigenvalue weighted by molar-refractivity contribution is 6.32. The van der Waals surface area contributed by atoms with Crippen molar-refractivity contribution in [2.24, 2.45) is 0 Å². The summed E-state index contributed by atoms with van der Waals surface area (Å²) in [6, 6.07) is 3.86. The van der Waals surface area contributed by atoms with Crippen molar-refractivity contribution in [2.45, 2.75) is 20.0 Å². The third kappa shape index (κ3) is 2.27. The first-order chi connectivity index (χ1) is 6.57. The molecule has 2 N–H and O–H groups in total. The zero-order valence-corrected chi connectivity index (χ0v) is 9.52. The quantitative estimate of drug-likeness (QED) is 0.807. The van der Waals surface area contributed by atoms with Crippen molar-refractivity contribution in [2.75, 3.05) is 13.6 Å². The van der Waals surface area contributed by atoms with Crippen LogP contribution >= 0.6 is 11.6 Å². The molecule has 1 aromatic carbocycles. The predicted molar refractivity (Wildman–Crippen MR) is 59.8 cm³/mol. The van der Waals surface area contributed by atoms with Crippen LogP contribution in [0.2, 0.25) is 5.02 Å². The summed E-state index contributed by atoms with van der Waals surface area (Å²) in [5.41, 5.74) is 2.91. The lowest BCUT2D eigenvalue weighted by molar-refractivity contribution is 0.177. The fraction of sp³-hybridized carbons (Fsp3) is 0.455. The van der Waals surface area contributed by atoms with Crippen LogP contribution < -0.4 is 5.32 Å². The molecule has 3 heteroatoms. The van der Waals surface area contributed by atoms with Crippen LogP contribution in [0.5, 0.6) is 0 Å². The summed E-state index contributed by atoms with van der Waals surface area (Å²) >= 11 is 6.10. The number of likely N-dealkylation sites (N-methyl/N-ethyl adjacent to an activating group) is 1. The first-order valence-electron chi connectivity index (χ1n) is 4.66. The van der Waals surface area contributed by atoms with Crippen molar-refractivity contribution < 1.29 is 5.11 Å². The van der Waals surface area contributed by atoms with Crippen molar-refractivity contribution in [3.63, 3.8) is 0 Å². The normalized spacial score (nSPS) is 12.9. The van der Waals surface area contributed by atoms with Crippen LogP contribution in [0.1, 0.15) is 22.8 Å². The van der Waals surface area contributed by atoms with Crippen molar-refractivity contribution in [3.8, 4) is 0 Å². The molecule has 0 spiro atoms. The van der Waals surface area contributed by atoms with Crippen LogP contribution in [0.15, 0.2) is 12.1 Å². The van der Waals surface area contributed by atoms with Gasteiger partial charge in [0, 0.05) is 11.6 Å². The van der Waals surface area contributed by atoms with Crippen molar-refractivity contribution >= 4 is 11.6 Å². The fourth-order valence-corrected chi connectivity index (χ4v) is 1.67. The molecule has 0 radical (unpaired) electrons. The molecule has 2 nitrogen and oxygen atoms in total. The number of hydrogen-bond donors (Lipinski definition) is 2. The molecule has 0 aliphatic rings. The van der Waals surface area contributed by atoms with Crippen molar-refractivity contribution in [3.05, 3.63) is 33.8 Å². The van der Waals surface area contributed by atoms with E-state index in [2.05, 4.69) is 5.32 Å². The van der Waals surface area contributed by atoms with Gasteiger partial charge in [-0.15, -0.1) is 0 Å². The van der Waals surface area contributed by atoms with E-state index in [1.807, 2.05) is 33.0 Å². The zero-order chi connectivity index (χ0) is 10.7. The van der Waals surface area contributed by atoms with E-state index in [0.29, 0.717) is 6.54 Å². The van der Waals surface area contributed by atoms with Gasteiger partial charge in [0.25, 0.3) is 0 Å². The highest BCUT2D eigenvalue weighted by atomic mass is 35.5. The first kappa shape index (κ1) is 11.5. The smallest absolute Gasteiger partial charge is 0.0917 e. The SMILES string of the molecule is CNCC(O)c1ccc(C)c(Cl)c1C. The van der Waals surface area contributed by atoms with Crippen LogP contribution in [0.25, 0.3) is 0 Å². The van der Waals surface area contributed by atoms with Gasteiger partial charge in [0.2, 0.25) is 0 Å². The number of benzene rings is 1. The van der Waals surface area contributed by atoms with Crippen LogP contribution in [-0.2, 0) is 0 Å². The minimum Gasteiger partial charge on any atom is -0.387 e. The number of rotatable bonds is 3. The molecular formula is C11H16ClNO. The number of aliphatic hydroxyl groups excluding tert-OH is 1. The van der Waals surface area contributed by atoms with Gasteiger partial charge in [0.15, 0.2) is 0 Å². The minimum absolute atomic E-state index is 0.488. The number of aryl methyl sites for hydroxylation is 1. The molecule has 0 aliphatic heterocycles. The first-order valence-corrected chi connectivity index (χ1v) is 5.04. The Bertz CT molecular complexity index is 325. The maximum Gasteiger partial charge on any atom is 0.0917 e. The van der Waals surface area contributed by atoms with Gasteiger partial charge in [-0.25, -0.2) is 0 Å². The Morgan fingerprint density at radius 3 is 2.64 bits per heavy atom. The van der Waals surface area contributed by atoms with E-state index in [1.54, 1.807) is 0 Å². The summed E-state index contributed by atoms with van der Waals surface area (Å²) in [5, 5.41) is 13.5. The molecule has 1 aromatic rings. The fourth-order valence-electron chi connectivity index (χ4n) is 1.50. The van der Waals surface area contributed by atoms with Gasteiger partial charge in [0.1, 0.15) is 0 Å². The van der Waals surface area contributed by atoms with E-state index in [1.165, 1.54) is 0 Å². The van der Waals surface area contributed by atoms with E-state index >= 15 is 0 Å². The molecule has 0 amide bonds. The lowest BCUT2D eigenvalue weighted by atomic mass is 10.0. The molecular weight excluding hydrogens is 198 g/mol. The number of halogens is 1. The molecule has 1 unspecified atom stereocenters. The highest BCUT2D eigenvalue weighted by Crippen LogP contribution is 2.26. The Balaban J connectivity index is 3.04. The highest BCUT2D eigenvalue weighted by Gasteiger charge is 2.12. The van der Waals surface area contributed by atoms with Crippen molar-refractivity contribution in [1.82, 2.24) is 5.32 Å². The molecule has 0 bridgehead atoms. The second kappa shape index (κ2) is 4.78. The minimum atomic E-state index is -0.488.